The minimum atomic E-state index is -0.473. The molecule has 1 aromatic carbocycles. The summed E-state index contributed by atoms with van der Waals surface area (Å²) in [5.41, 5.74) is 2.75. The Hall–Kier alpha value is -2.99. The molecule has 0 radical (unpaired) electrons. The predicted octanol–water partition coefficient (Wildman–Crippen LogP) is 4.37. The van der Waals surface area contributed by atoms with E-state index in [0.29, 0.717) is 28.5 Å². The fourth-order valence-corrected chi connectivity index (χ4v) is 3.99. The maximum Gasteiger partial charge on any atom is 0.163 e. The summed E-state index contributed by atoms with van der Waals surface area (Å²) in [7, 11) is 3.17. The van der Waals surface area contributed by atoms with Crippen LogP contribution in [0.2, 0.25) is 0 Å². The van der Waals surface area contributed by atoms with Crippen LogP contribution in [0.4, 0.5) is 0 Å². The van der Waals surface area contributed by atoms with Gasteiger partial charge in [-0.05, 0) is 23.6 Å². The molecular formula is C21H17N3O3S2. The number of imidazole rings is 1. The summed E-state index contributed by atoms with van der Waals surface area (Å²) in [6.45, 7) is 0.431. The number of allylic oxidation sites excluding steroid dienone is 2. The Balaban J connectivity index is 1.73. The lowest BCUT2D eigenvalue weighted by Crippen LogP contribution is -2.25. The molecule has 6 nitrogen and oxygen atoms in total. The van der Waals surface area contributed by atoms with Gasteiger partial charge in [-0.2, -0.15) is 5.26 Å². The molecule has 0 bridgehead atoms. The molecule has 146 valence electrons. The molecule has 0 saturated heterocycles. The van der Waals surface area contributed by atoms with Gasteiger partial charge in [0.15, 0.2) is 11.5 Å². The number of hydrogen-bond acceptors (Lipinski definition) is 7. The summed E-state index contributed by atoms with van der Waals surface area (Å²) < 4.78 is 18.7. The zero-order chi connectivity index (χ0) is 20.4. The molecule has 2 aromatic heterocycles. The summed E-state index contributed by atoms with van der Waals surface area (Å²) in [4.78, 5) is 6.04. The van der Waals surface area contributed by atoms with E-state index in [-0.39, 0.29) is 0 Å². The molecule has 1 aliphatic rings. The van der Waals surface area contributed by atoms with Crippen LogP contribution in [0.5, 0.6) is 11.5 Å². The molecular weight excluding hydrogens is 406 g/mol. The van der Waals surface area contributed by atoms with Crippen molar-refractivity contribution in [2.24, 2.45) is 0 Å². The fourth-order valence-electron chi connectivity index (χ4n) is 3.12. The van der Waals surface area contributed by atoms with Crippen molar-refractivity contribution in [3.05, 3.63) is 58.6 Å². The van der Waals surface area contributed by atoms with E-state index in [1.807, 2.05) is 40.3 Å². The number of fused-ring (bicyclic) bond motifs is 1. The van der Waals surface area contributed by atoms with E-state index in [9.17, 15) is 5.26 Å². The van der Waals surface area contributed by atoms with Gasteiger partial charge in [0.05, 0.1) is 42.3 Å². The molecule has 1 aliphatic carbocycles. The zero-order valence-electron chi connectivity index (χ0n) is 15.8. The summed E-state index contributed by atoms with van der Waals surface area (Å²) in [6.07, 6.45) is 4.89. The van der Waals surface area contributed by atoms with Crippen LogP contribution in [0, 0.1) is 11.3 Å². The van der Waals surface area contributed by atoms with E-state index in [2.05, 4.69) is 11.1 Å². The summed E-state index contributed by atoms with van der Waals surface area (Å²) in [5.74, 6) is 1.21. The molecule has 1 atom stereocenters. The highest BCUT2D eigenvalue weighted by Gasteiger charge is 2.24. The summed E-state index contributed by atoms with van der Waals surface area (Å²) >= 11 is 7.09. The first kappa shape index (κ1) is 19.3. The van der Waals surface area contributed by atoms with Crippen molar-refractivity contribution in [2.75, 3.05) is 14.2 Å². The maximum atomic E-state index is 9.56. The van der Waals surface area contributed by atoms with Crippen LogP contribution in [-0.2, 0) is 11.3 Å². The van der Waals surface area contributed by atoms with Gasteiger partial charge in [-0.15, -0.1) is 11.3 Å². The van der Waals surface area contributed by atoms with Gasteiger partial charge in [-0.1, -0.05) is 18.3 Å². The lowest BCUT2D eigenvalue weighted by molar-refractivity contribution is 0.117. The van der Waals surface area contributed by atoms with E-state index in [1.54, 1.807) is 38.0 Å². The number of ether oxygens (including phenoxy) is 3. The molecule has 0 aliphatic heterocycles. The molecule has 4 rings (SSSR count). The van der Waals surface area contributed by atoms with Crippen LogP contribution in [0.1, 0.15) is 4.88 Å². The van der Waals surface area contributed by atoms with E-state index < -0.39 is 6.10 Å². The number of aromatic nitrogens is 2. The lowest BCUT2D eigenvalue weighted by Gasteiger charge is -2.21. The second kappa shape index (κ2) is 8.17. The van der Waals surface area contributed by atoms with E-state index in [4.69, 9.17) is 26.4 Å². The first-order valence-electron chi connectivity index (χ1n) is 8.76. The van der Waals surface area contributed by atoms with Gasteiger partial charge in [-0.3, -0.25) is 4.57 Å². The summed E-state index contributed by atoms with van der Waals surface area (Å²) in [5, 5.41) is 11.6. The van der Waals surface area contributed by atoms with Crippen LogP contribution < -0.4 is 9.47 Å². The SMILES string of the molecule is COc1cc2ncn(C3=CC(OCc4cccs4)C(=S)C(C#N)=C3)c2cc1OC. The van der Waals surface area contributed by atoms with Crippen molar-refractivity contribution in [1.29, 1.82) is 5.26 Å². The molecule has 29 heavy (non-hydrogen) atoms. The number of benzene rings is 1. The highest BCUT2D eigenvalue weighted by molar-refractivity contribution is 7.81. The number of thiocarbonyl (C=S) groups is 1. The molecule has 0 amide bonds. The standard InChI is InChI=1S/C21H17N3O3S2/c1-25-18-8-16-17(9-19(18)26-2)24(12-23-16)14-6-13(10-22)21(28)20(7-14)27-11-15-4-3-5-29-15/h3-9,12,20H,11H2,1-2H3. The second-order valence-corrected chi connectivity index (χ2v) is 7.72. The number of methoxy groups -OCH3 is 2. The van der Waals surface area contributed by atoms with Crippen molar-refractivity contribution in [3.63, 3.8) is 0 Å². The van der Waals surface area contributed by atoms with Crippen LogP contribution in [0.3, 0.4) is 0 Å². The Labute approximate surface area is 177 Å². The minimum absolute atomic E-state index is 0.413. The third-order valence-electron chi connectivity index (χ3n) is 4.57. The van der Waals surface area contributed by atoms with E-state index >= 15 is 0 Å². The fraction of sp³-hybridized carbons (Fsp3) is 0.190. The van der Waals surface area contributed by atoms with Gasteiger partial charge in [-0.25, -0.2) is 4.98 Å². The first-order chi connectivity index (χ1) is 14.1. The van der Waals surface area contributed by atoms with Crippen molar-refractivity contribution in [1.82, 2.24) is 9.55 Å². The van der Waals surface area contributed by atoms with Crippen LogP contribution in [0.25, 0.3) is 16.7 Å². The average molecular weight is 424 g/mol. The monoisotopic (exact) mass is 423 g/mol. The topological polar surface area (TPSA) is 69.3 Å². The average Bonchev–Trinajstić information content (AvgIpc) is 3.41. The predicted molar refractivity (Wildman–Crippen MR) is 116 cm³/mol. The molecule has 8 heteroatoms. The van der Waals surface area contributed by atoms with Crippen LogP contribution in [0.15, 0.2) is 53.7 Å². The largest absolute Gasteiger partial charge is 0.493 e. The molecule has 0 N–H and O–H groups in total. The lowest BCUT2D eigenvalue weighted by atomic mass is 10.0. The number of thiophene rings is 1. The van der Waals surface area contributed by atoms with Crippen molar-refractivity contribution in [3.8, 4) is 17.6 Å². The molecule has 2 heterocycles. The third kappa shape index (κ3) is 3.68. The Morgan fingerprint density at radius 3 is 2.76 bits per heavy atom. The van der Waals surface area contributed by atoms with Crippen molar-refractivity contribution < 1.29 is 14.2 Å². The van der Waals surface area contributed by atoms with Crippen LogP contribution in [-0.4, -0.2) is 34.7 Å². The van der Waals surface area contributed by atoms with Gasteiger partial charge in [0.25, 0.3) is 0 Å². The Kier molecular flexibility index (Phi) is 5.45. The van der Waals surface area contributed by atoms with E-state index in [0.717, 1.165) is 21.6 Å². The van der Waals surface area contributed by atoms with E-state index in [1.165, 1.54) is 0 Å². The molecule has 0 fully saturated rings. The van der Waals surface area contributed by atoms with Gasteiger partial charge in [0, 0.05) is 22.7 Å². The number of nitrogens with zero attached hydrogens (tertiary/aromatic N) is 3. The second-order valence-electron chi connectivity index (χ2n) is 6.25. The maximum absolute atomic E-state index is 9.56. The number of hydrogen-bond donors (Lipinski definition) is 0. The Morgan fingerprint density at radius 2 is 2.07 bits per heavy atom. The highest BCUT2D eigenvalue weighted by Crippen LogP contribution is 2.33. The molecule has 0 spiro atoms. The minimum Gasteiger partial charge on any atom is -0.493 e. The van der Waals surface area contributed by atoms with Crippen molar-refractivity contribution in [2.45, 2.75) is 12.7 Å². The van der Waals surface area contributed by atoms with Gasteiger partial charge >= 0.3 is 0 Å². The molecule has 3 aromatic rings. The normalized spacial score (nSPS) is 16.3. The Bertz CT molecular complexity index is 1170. The first-order valence-corrected chi connectivity index (χ1v) is 10.0. The third-order valence-corrected chi connectivity index (χ3v) is 5.88. The van der Waals surface area contributed by atoms with Gasteiger partial charge < -0.3 is 14.2 Å². The van der Waals surface area contributed by atoms with Gasteiger partial charge in [0.2, 0.25) is 0 Å². The van der Waals surface area contributed by atoms with Gasteiger partial charge in [0.1, 0.15) is 18.5 Å². The zero-order valence-corrected chi connectivity index (χ0v) is 17.4. The number of rotatable bonds is 6. The van der Waals surface area contributed by atoms with Crippen molar-refractivity contribution >= 4 is 45.1 Å². The molecule has 1 unspecified atom stereocenters. The van der Waals surface area contributed by atoms with Crippen LogP contribution >= 0.6 is 23.6 Å². The molecule has 0 saturated carbocycles. The summed E-state index contributed by atoms with van der Waals surface area (Å²) in [6, 6.07) is 9.84. The smallest absolute Gasteiger partial charge is 0.163 e. The number of nitriles is 1. The quantitative estimate of drug-likeness (QED) is 0.548. The Morgan fingerprint density at radius 1 is 1.28 bits per heavy atom. The highest BCUT2D eigenvalue weighted by atomic mass is 32.1.